The van der Waals surface area contributed by atoms with Crippen molar-refractivity contribution in [3.63, 3.8) is 0 Å². The van der Waals surface area contributed by atoms with Crippen molar-refractivity contribution in [2.24, 2.45) is 5.92 Å². The van der Waals surface area contributed by atoms with E-state index in [2.05, 4.69) is 0 Å². The number of hydrogen-bond donors (Lipinski definition) is 0. The lowest BCUT2D eigenvalue weighted by Gasteiger charge is -2.23. The average molecular weight is 202 g/mol. The van der Waals surface area contributed by atoms with Gasteiger partial charge in [-0.3, -0.25) is 0 Å². The summed E-state index contributed by atoms with van der Waals surface area (Å²) in [6.07, 6.45) is 0.646. The molecule has 1 unspecified atom stereocenters. The van der Waals surface area contributed by atoms with E-state index in [1.807, 2.05) is 19.9 Å². The zero-order chi connectivity index (χ0) is 10.1. The molecule has 1 heterocycles. The minimum Gasteiger partial charge on any atom is -0.212 e. The van der Waals surface area contributed by atoms with Crippen molar-refractivity contribution >= 4 is 10.0 Å². The number of rotatable bonds is 2. The maximum Gasteiger partial charge on any atom is 0.215 e. The van der Waals surface area contributed by atoms with Gasteiger partial charge in [0.15, 0.2) is 0 Å². The van der Waals surface area contributed by atoms with E-state index in [1.54, 1.807) is 0 Å². The molecule has 4 nitrogen and oxygen atoms in total. The summed E-state index contributed by atoms with van der Waals surface area (Å²) in [7, 11) is -3.13. The predicted octanol–water partition coefficient (Wildman–Crippen LogP) is 0.570. The summed E-state index contributed by atoms with van der Waals surface area (Å²) in [5.41, 5.74) is 0. The van der Waals surface area contributed by atoms with E-state index < -0.39 is 16.1 Å². The molecular formula is C8H14N2O2S. The summed E-state index contributed by atoms with van der Waals surface area (Å²) >= 11 is 0. The molecule has 0 aromatic carbocycles. The first-order chi connectivity index (χ1) is 5.99. The highest BCUT2D eigenvalue weighted by atomic mass is 32.2. The third-order valence-corrected chi connectivity index (χ3v) is 4.14. The maximum atomic E-state index is 11.4. The largest absolute Gasteiger partial charge is 0.215 e. The number of nitriles is 1. The van der Waals surface area contributed by atoms with Gasteiger partial charge < -0.3 is 0 Å². The second-order valence-electron chi connectivity index (χ2n) is 3.60. The van der Waals surface area contributed by atoms with Crippen molar-refractivity contribution in [2.45, 2.75) is 26.3 Å². The van der Waals surface area contributed by atoms with Gasteiger partial charge in [-0.1, -0.05) is 13.8 Å². The van der Waals surface area contributed by atoms with Crippen molar-refractivity contribution in [1.82, 2.24) is 4.31 Å². The zero-order valence-electron chi connectivity index (χ0n) is 7.90. The van der Waals surface area contributed by atoms with Gasteiger partial charge >= 0.3 is 0 Å². The Morgan fingerprint density at radius 2 is 2.08 bits per heavy atom. The summed E-state index contributed by atoms with van der Waals surface area (Å²) in [5.74, 6) is 0.246. The molecule has 0 spiro atoms. The van der Waals surface area contributed by atoms with Gasteiger partial charge in [-0.2, -0.15) is 9.57 Å². The molecule has 0 saturated carbocycles. The summed E-state index contributed by atoms with van der Waals surface area (Å²) in [5, 5.41) is 8.83. The first-order valence-electron chi connectivity index (χ1n) is 4.38. The van der Waals surface area contributed by atoms with Crippen LogP contribution in [0.25, 0.3) is 0 Å². The van der Waals surface area contributed by atoms with Crippen LogP contribution in [0, 0.1) is 17.2 Å². The highest BCUT2D eigenvalue weighted by molar-refractivity contribution is 7.89. The van der Waals surface area contributed by atoms with Gasteiger partial charge in [-0.15, -0.1) is 0 Å². The lowest BCUT2D eigenvalue weighted by Crippen LogP contribution is -2.38. The van der Waals surface area contributed by atoms with Gasteiger partial charge in [-0.25, -0.2) is 8.42 Å². The molecule has 13 heavy (non-hydrogen) atoms. The summed E-state index contributed by atoms with van der Waals surface area (Å²) < 4.78 is 24.2. The van der Waals surface area contributed by atoms with Crippen molar-refractivity contribution in [3.8, 4) is 6.07 Å². The Labute approximate surface area is 79.2 Å². The Morgan fingerprint density at radius 3 is 2.38 bits per heavy atom. The molecule has 1 rings (SSSR count). The molecular weight excluding hydrogens is 188 g/mol. The molecule has 5 heteroatoms. The molecule has 1 aliphatic heterocycles. The smallest absolute Gasteiger partial charge is 0.212 e. The summed E-state index contributed by atoms with van der Waals surface area (Å²) in [6, 6.07) is 1.55. The van der Waals surface area contributed by atoms with Gasteiger partial charge in [0.05, 0.1) is 11.8 Å². The van der Waals surface area contributed by atoms with Crippen LogP contribution in [0.5, 0.6) is 0 Å². The monoisotopic (exact) mass is 202 g/mol. The molecule has 1 aliphatic rings. The third-order valence-electron chi connectivity index (χ3n) is 2.21. The van der Waals surface area contributed by atoms with Crippen molar-refractivity contribution in [3.05, 3.63) is 0 Å². The third kappa shape index (κ3) is 2.01. The minimum absolute atomic E-state index is 0.0536. The number of nitrogens with zero attached hydrogens (tertiary/aromatic N) is 2. The molecule has 0 aromatic heterocycles. The van der Waals surface area contributed by atoms with Gasteiger partial charge in [0.1, 0.15) is 6.04 Å². The maximum absolute atomic E-state index is 11.4. The highest BCUT2D eigenvalue weighted by Gasteiger charge is 2.35. The lowest BCUT2D eigenvalue weighted by molar-refractivity contribution is 0.329. The molecule has 0 N–H and O–H groups in total. The van der Waals surface area contributed by atoms with Gasteiger partial charge in [0.2, 0.25) is 10.0 Å². The summed E-state index contributed by atoms with van der Waals surface area (Å²) in [4.78, 5) is 0. The van der Waals surface area contributed by atoms with Crippen LogP contribution < -0.4 is 0 Å². The Balaban J connectivity index is 2.89. The Morgan fingerprint density at radius 1 is 1.46 bits per heavy atom. The highest BCUT2D eigenvalue weighted by Crippen LogP contribution is 2.20. The fraction of sp³-hybridized carbons (Fsp3) is 0.875. The normalized spacial score (nSPS) is 24.5. The molecule has 1 saturated heterocycles. The molecule has 1 fully saturated rings. The Kier molecular flexibility index (Phi) is 2.94. The van der Waals surface area contributed by atoms with Crippen LogP contribution >= 0.6 is 0 Å². The average Bonchev–Trinajstić information content (AvgIpc) is 2.32. The van der Waals surface area contributed by atoms with Crippen LogP contribution in [0.1, 0.15) is 20.3 Å². The van der Waals surface area contributed by atoms with Crippen LogP contribution in [0.2, 0.25) is 0 Å². The standard InChI is InChI=1S/C8H14N2O2S/c1-7(2)8(6-9)10-4-3-5-13(10,11)12/h7-8H,3-5H2,1-2H3. The van der Waals surface area contributed by atoms with Crippen molar-refractivity contribution in [2.75, 3.05) is 12.3 Å². The second-order valence-corrected chi connectivity index (χ2v) is 5.64. The van der Waals surface area contributed by atoms with Crippen LogP contribution in [0.4, 0.5) is 0 Å². The Hall–Kier alpha value is -0.600. The first-order valence-corrected chi connectivity index (χ1v) is 5.99. The molecule has 1 atom stereocenters. The van der Waals surface area contributed by atoms with Gasteiger partial charge in [0.25, 0.3) is 0 Å². The number of hydrogen-bond acceptors (Lipinski definition) is 3. The zero-order valence-corrected chi connectivity index (χ0v) is 8.71. The molecule has 0 aliphatic carbocycles. The van der Waals surface area contributed by atoms with Gasteiger partial charge in [-0.05, 0) is 12.3 Å². The molecule has 0 radical (unpaired) electrons. The van der Waals surface area contributed by atoms with E-state index in [0.29, 0.717) is 13.0 Å². The SMILES string of the molecule is CC(C)C(C#N)N1CCCS1(=O)=O. The van der Waals surface area contributed by atoms with E-state index in [9.17, 15) is 8.42 Å². The lowest BCUT2D eigenvalue weighted by atomic mass is 10.1. The van der Waals surface area contributed by atoms with Crippen molar-refractivity contribution in [1.29, 1.82) is 5.26 Å². The van der Waals surface area contributed by atoms with E-state index in [-0.39, 0.29) is 11.7 Å². The fourth-order valence-electron chi connectivity index (χ4n) is 1.52. The topological polar surface area (TPSA) is 61.2 Å². The van der Waals surface area contributed by atoms with Crippen LogP contribution in [0.15, 0.2) is 0 Å². The molecule has 0 bridgehead atoms. The second kappa shape index (κ2) is 3.64. The minimum atomic E-state index is -3.13. The van der Waals surface area contributed by atoms with Gasteiger partial charge in [0, 0.05) is 6.54 Å². The quantitative estimate of drug-likeness (QED) is 0.657. The molecule has 74 valence electrons. The van der Waals surface area contributed by atoms with Crippen molar-refractivity contribution < 1.29 is 8.42 Å². The fourth-order valence-corrected chi connectivity index (χ4v) is 3.29. The van der Waals surface area contributed by atoms with Crippen LogP contribution in [-0.2, 0) is 10.0 Å². The van der Waals surface area contributed by atoms with Crippen LogP contribution in [-0.4, -0.2) is 31.1 Å². The predicted molar refractivity (Wildman–Crippen MR) is 49.3 cm³/mol. The first kappa shape index (κ1) is 10.5. The number of sulfonamides is 1. The van der Waals surface area contributed by atoms with E-state index in [1.165, 1.54) is 4.31 Å². The molecule has 0 amide bonds. The Bertz CT molecular complexity index is 316. The summed E-state index contributed by atoms with van der Waals surface area (Å²) in [6.45, 7) is 4.22. The van der Waals surface area contributed by atoms with E-state index >= 15 is 0 Å². The van der Waals surface area contributed by atoms with E-state index in [0.717, 1.165) is 0 Å². The van der Waals surface area contributed by atoms with E-state index in [4.69, 9.17) is 5.26 Å². The molecule has 0 aromatic rings. The van der Waals surface area contributed by atoms with Crippen LogP contribution in [0.3, 0.4) is 0 Å².